The minimum Gasteiger partial charge on any atom is -0.206 e. The van der Waals surface area contributed by atoms with Crippen LogP contribution >= 0.6 is 15.9 Å². The minimum absolute atomic E-state index is 0.724. The quantitative estimate of drug-likeness (QED) is 0.618. The van der Waals surface area contributed by atoms with Crippen LogP contribution in [0.3, 0.4) is 0 Å². The van der Waals surface area contributed by atoms with E-state index in [1.807, 2.05) is 4.68 Å². The summed E-state index contributed by atoms with van der Waals surface area (Å²) >= 11 is 3.56. The van der Waals surface area contributed by atoms with Crippen LogP contribution in [0.15, 0.2) is 35.1 Å². The second-order valence-corrected chi connectivity index (χ2v) is 6.95. The van der Waals surface area contributed by atoms with Crippen LogP contribution in [0, 0.1) is 34.6 Å². The Bertz CT molecular complexity index is 850. The second-order valence-electron chi connectivity index (χ2n) is 6.24. The Hall–Kier alpha value is -1.94. The van der Waals surface area contributed by atoms with Crippen molar-refractivity contribution in [2.24, 2.45) is 0 Å². The molecule has 3 rings (SSSR count). The van der Waals surface area contributed by atoms with E-state index in [9.17, 15) is 0 Å². The minimum atomic E-state index is 0.724. The first-order valence-electron chi connectivity index (χ1n) is 7.64. The van der Waals surface area contributed by atoms with Crippen molar-refractivity contribution in [1.29, 1.82) is 0 Å². The lowest BCUT2D eigenvalue weighted by Crippen LogP contribution is -2.03. The molecule has 4 heteroatoms. The smallest absolute Gasteiger partial charge is 0.200 e. The molecule has 0 atom stereocenters. The number of nitrogens with zero attached hydrogens (tertiary/aromatic N) is 3. The standard InChI is InChI=1S/C19H20BrN3/c1-11-6-12(2)10-16(9-11)18-21-19(20)23(22-18)17-14(4)7-13(3)8-15(17)5/h6-10H,1-5H3. The zero-order valence-electron chi connectivity index (χ0n) is 14.1. The van der Waals surface area contributed by atoms with Crippen LogP contribution in [0.2, 0.25) is 0 Å². The number of hydrogen-bond donors (Lipinski definition) is 0. The molecule has 0 fully saturated rings. The predicted octanol–water partition coefficient (Wildman–Crippen LogP) is 5.24. The number of rotatable bonds is 2. The first-order valence-corrected chi connectivity index (χ1v) is 8.44. The number of benzene rings is 2. The van der Waals surface area contributed by atoms with Gasteiger partial charge < -0.3 is 0 Å². The predicted molar refractivity (Wildman–Crippen MR) is 98.2 cm³/mol. The molecular formula is C19H20BrN3. The topological polar surface area (TPSA) is 30.7 Å². The molecule has 3 nitrogen and oxygen atoms in total. The SMILES string of the molecule is Cc1cc(C)cc(-c2nc(Br)n(-c3c(C)cc(C)cc3C)n2)c1. The zero-order valence-corrected chi connectivity index (χ0v) is 15.7. The van der Waals surface area contributed by atoms with Gasteiger partial charge in [0.05, 0.1) is 5.69 Å². The Morgan fingerprint density at radius 3 is 1.87 bits per heavy atom. The van der Waals surface area contributed by atoms with E-state index in [2.05, 4.69) is 85.9 Å². The first-order chi connectivity index (χ1) is 10.8. The van der Waals surface area contributed by atoms with Crippen molar-refractivity contribution in [3.05, 3.63) is 62.9 Å². The summed E-state index contributed by atoms with van der Waals surface area (Å²) < 4.78 is 2.61. The number of aryl methyl sites for hydroxylation is 5. The van der Waals surface area contributed by atoms with Gasteiger partial charge in [0.15, 0.2) is 5.82 Å². The zero-order chi connectivity index (χ0) is 16.7. The molecule has 2 aromatic carbocycles. The van der Waals surface area contributed by atoms with E-state index >= 15 is 0 Å². The number of aromatic nitrogens is 3. The van der Waals surface area contributed by atoms with Crippen molar-refractivity contribution in [3.63, 3.8) is 0 Å². The Morgan fingerprint density at radius 2 is 1.30 bits per heavy atom. The van der Waals surface area contributed by atoms with Crippen molar-refractivity contribution in [2.45, 2.75) is 34.6 Å². The summed E-state index contributed by atoms with van der Waals surface area (Å²) in [7, 11) is 0. The third-order valence-electron chi connectivity index (χ3n) is 3.89. The highest BCUT2D eigenvalue weighted by Crippen LogP contribution is 2.27. The van der Waals surface area contributed by atoms with E-state index < -0.39 is 0 Å². The van der Waals surface area contributed by atoms with Gasteiger partial charge >= 0.3 is 0 Å². The lowest BCUT2D eigenvalue weighted by molar-refractivity contribution is 0.843. The van der Waals surface area contributed by atoms with E-state index in [4.69, 9.17) is 5.10 Å². The summed E-state index contributed by atoms with van der Waals surface area (Å²) in [6.45, 7) is 10.5. The average Bonchev–Trinajstić information content (AvgIpc) is 2.79. The van der Waals surface area contributed by atoms with Gasteiger partial charge in [0.25, 0.3) is 0 Å². The molecule has 23 heavy (non-hydrogen) atoms. The molecule has 0 aliphatic heterocycles. The van der Waals surface area contributed by atoms with E-state index in [1.165, 1.54) is 27.8 Å². The lowest BCUT2D eigenvalue weighted by atomic mass is 10.1. The molecule has 1 aromatic heterocycles. The summed E-state index contributed by atoms with van der Waals surface area (Å²) in [6, 6.07) is 10.7. The fourth-order valence-electron chi connectivity index (χ4n) is 3.17. The van der Waals surface area contributed by atoms with Crippen LogP contribution in [0.25, 0.3) is 17.1 Å². The average molecular weight is 370 g/mol. The largest absolute Gasteiger partial charge is 0.206 e. The van der Waals surface area contributed by atoms with Gasteiger partial charge in [0.2, 0.25) is 4.73 Å². The summed E-state index contributed by atoms with van der Waals surface area (Å²) in [5.41, 5.74) is 8.22. The Morgan fingerprint density at radius 1 is 0.783 bits per heavy atom. The molecule has 0 aliphatic rings. The highest BCUT2D eigenvalue weighted by Gasteiger charge is 2.15. The molecule has 0 bridgehead atoms. The third-order valence-corrected chi connectivity index (χ3v) is 4.41. The molecule has 0 radical (unpaired) electrons. The van der Waals surface area contributed by atoms with Crippen molar-refractivity contribution in [3.8, 4) is 17.1 Å². The van der Waals surface area contributed by atoms with Crippen molar-refractivity contribution >= 4 is 15.9 Å². The summed E-state index contributed by atoms with van der Waals surface area (Å²) in [5, 5.41) is 4.74. The Kier molecular flexibility index (Phi) is 4.11. The fraction of sp³-hybridized carbons (Fsp3) is 0.263. The third kappa shape index (κ3) is 3.08. The molecule has 118 valence electrons. The highest BCUT2D eigenvalue weighted by molar-refractivity contribution is 9.10. The van der Waals surface area contributed by atoms with Gasteiger partial charge in [-0.1, -0.05) is 34.9 Å². The maximum atomic E-state index is 4.74. The van der Waals surface area contributed by atoms with Crippen LogP contribution in [0.5, 0.6) is 0 Å². The lowest BCUT2D eigenvalue weighted by Gasteiger charge is -2.11. The van der Waals surface area contributed by atoms with Gasteiger partial charge in [-0.2, -0.15) is 0 Å². The van der Waals surface area contributed by atoms with Gasteiger partial charge in [-0.05, 0) is 73.8 Å². The van der Waals surface area contributed by atoms with Crippen molar-refractivity contribution < 1.29 is 0 Å². The molecule has 0 aliphatic carbocycles. The van der Waals surface area contributed by atoms with Gasteiger partial charge in [0, 0.05) is 5.56 Å². The van der Waals surface area contributed by atoms with Gasteiger partial charge in [-0.15, -0.1) is 5.10 Å². The van der Waals surface area contributed by atoms with Gasteiger partial charge in [0.1, 0.15) is 0 Å². The van der Waals surface area contributed by atoms with Gasteiger partial charge in [-0.25, -0.2) is 9.67 Å². The van der Waals surface area contributed by atoms with Crippen LogP contribution in [-0.4, -0.2) is 14.8 Å². The molecular weight excluding hydrogens is 350 g/mol. The molecule has 3 aromatic rings. The van der Waals surface area contributed by atoms with Crippen LogP contribution in [0.1, 0.15) is 27.8 Å². The molecule has 0 amide bonds. The van der Waals surface area contributed by atoms with Crippen LogP contribution < -0.4 is 0 Å². The summed E-state index contributed by atoms with van der Waals surface area (Å²) in [4.78, 5) is 4.61. The van der Waals surface area contributed by atoms with Crippen molar-refractivity contribution in [2.75, 3.05) is 0 Å². The summed E-state index contributed by atoms with van der Waals surface area (Å²) in [5.74, 6) is 0.739. The molecule has 0 saturated carbocycles. The molecule has 0 saturated heterocycles. The second kappa shape index (κ2) is 5.93. The molecule has 0 unspecified atom stereocenters. The normalized spacial score (nSPS) is 11.0. The Labute approximate surface area is 145 Å². The number of hydrogen-bond acceptors (Lipinski definition) is 2. The van der Waals surface area contributed by atoms with Crippen LogP contribution in [0.4, 0.5) is 0 Å². The highest BCUT2D eigenvalue weighted by atomic mass is 79.9. The Balaban J connectivity index is 2.16. The van der Waals surface area contributed by atoms with E-state index in [0.717, 1.165) is 21.8 Å². The van der Waals surface area contributed by atoms with Gasteiger partial charge in [-0.3, -0.25) is 0 Å². The maximum Gasteiger partial charge on any atom is 0.200 e. The monoisotopic (exact) mass is 369 g/mol. The number of halogens is 1. The van der Waals surface area contributed by atoms with E-state index in [-0.39, 0.29) is 0 Å². The van der Waals surface area contributed by atoms with E-state index in [0.29, 0.717) is 0 Å². The van der Waals surface area contributed by atoms with E-state index in [1.54, 1.807) is 0 Å². The summed E-state index contributed by atoms with van der Waals surface area (Å²) in [6.07, 6.45) is 0. The first kappa shape index (κ1) is 15.9. The fourth-order valence-corrected chi connectivity index (χ4v) is 3.59. The van der Waals surface area contributed by atoms with Crippen molar-refractivity contribution in [1.82, 2.24) is 14.8 Å². The van der Waals surface area contributed by atoms with Crippen LogP contribution in [-0.2, 0) is 0 Å². The molecule has 0 N–H and O–H groups in total. The maximum absolute atomic E-state index is 4.74. The molecule has 0 spiro atoms. The molecule has 1 heterocycles.